The van der Waals surface area contributed by atoms with Gasteiger partial charge in [0.05, 0.1) is 0 Å². The van der Waals surface area contributed by atoms with Crippen molar-refractivity contribution in [3.05, 3.63) is 41.5 Å². The van der Waals surface area contributed by atoms with E-state index in [0.29, 0.717) is 12.3 Å². The van der Waals surface area contributed by atoms with Crippen LogP contribution in [0, 0.1) is 11.7 Å². The highest BCUT2D eigenvalue weighted by molar-refractivity contribution is 7.09. The summed E-state index contributed by atoms with van der Waals surface area (Å²) in [5.41, 5.74) is 1.01. The SMILES string of the molecule is CCCCNC(=O)NCC1CCN(c2nc(Cc3ccc(F)cc3)ns2)CC1. The Kier molecular flexibility index (Phi) is 7.59. The number of aromatic nitrogens is 2. The molecule has 0 aliphatic carbocycles. The number of carbonyl (C=O) groups excluding carboxylic acids is 1. The number of nitrogens with zero attached hydrogens (tertiary/aromatic N) is 3. The largest absolute Gasteiger partial charge is 0.347 e. The monoisotopic (exact) mass is 405 g/mol. The van der Waals surface area contributed by atoms with Crippen LogP contribution in [0.1, 0.15) is 44.0 Å². The van der Waals surface area contributed by atoms with Crippen molar-refractivity contribution in [2.24, 2.45) is 5.92 Å². The number of nitrogens with one attached hydrogen (secondary N) is 2. The molecule has 0 radical (unpaired) electrons. The first kappa shape index (κ1) is 20.5. The molecule has 0 saturated carbocycles. The zero-order chi connectivity index (χ0) is 19.8. The van der Waals surface area contributed by atoms with E-state index < -0.39 is 0 Å². The molecular formula is C20H28FN5OS. The Morgan fingerprint density at radius 3 is 2.71 bits per heavy atom. The van der Waals surface area contributed by atoms with E-state index in [0.717, 1.165) is 68.4 Å². The number of urea groups is 1. The summed E-state index contributed by atoms with van der Waals surface area (Å²) in [6.07, 6.45) is 4.77. The molecule has 2 heterocycles. The van der Waals surface area contributed by atoms with Gasteiger partial charge in [-0.1, -0.05) is 25.5 Å². The average molecular weight is 406 g/mol. The molecule has 1 fully saturated rings. The van der Waals surface area contributed by atoms with Crippen molar-refractivity contribution >= 4 is 22.7 Å². The number of piperidine rings is 1. The molecule has 3 rings (SSSR count). The highest BCUT2D eigenvalue weighted by Gasteiger charge is 2.22. The second kappa shape index (κ2) is 10.4. The minimum absolute atomic E-state index is 0.0644. The van der Waals surface area contributed by atoms with E-state index in [9.17, 15) is 9.18 Å². The first-order valence-corrected chi connectivity index (χ1v) is 10.7. The van der Waals surface area contributed by atoms with Crippen LogP contribution in [-0.4, -0.2) is 41.6 Å². The Morgan fingerprint density at radius 1 is 1.25 bits per heavy atom. The average Bonchev–Trinajstić information content (AvgIpc) is 3.17. The first-order chi connectivity index (χ1) is 13.6. The maximum atomic E-state index is 13.0. The number of carbonyl (C=O) groups is 1. The molecule has 0 bridgehead atoms. The molecule has 28 heavy (non-hydrogen) atoms. The minimum atomic E-state index is -0.230. The topological polar surface area (TPSA) is 70.2 Å². The maximum absolute atomic E-state index is 13.0. The Labute approximate surface area is 169 Å². The van der Waals surface area contributed by atoms with Crippen LogP contribution in [0.25, 0.3) is 0 Å². The number of hydrogen-bond donors (Lipinski definition) is 2. The number of hydrogen-bond acceptors (Lipinski definition) is 5. The second-order valence-electron chi connectivity index (χ2n) is 7.22. The fourth-order valence-corrected chi connectivity index (χ4v) is 3.97. The summed E-state index contributed by atoms with van der Waals surface area (Å²) in [4.78, 5) is 18.7. The minimum Gasteiger partial charge on any atom is -0.347 e. The van der Waals surface area contributed by atoms with Crippen LogP contribution in [0.2, 0.25) is 0 Å². The molecule has 2 N–H and O–H groups in total. The Bertz CT molecular complexity index is 743. The van der Waals surface area contributed by atoms with E-state index in [2.05, 4.69) is 31.8 Å². The van der Waals surface area contributed by atoms with Gasteiger partial charge in [0, 0.05) is 44.1 Å². The highest BCUT2D eigenvalue weighted by Crippen LogP contribution is 2.25. The lowest BCUT2D eigenvalue weighted by Crippen LogP contribution is -2.42. The molecule has 1 aromatic heterocycles. The van der Waals surface area contributed by atoms with E-state index >= 15 is 0 Å². The number of halogens is 1. The Morgan fingerprint density at radius 2 is 2.00 bits per heavy atom. The summed E-state index contributed by atoms with van der Waals surface area (Å²) in [7, 11) is 0. The molecular weight excluding hydrogens is 377 g/mol. The molecule has 0 spiro atoms. The van der Waals surface area contributed by atoms with Gasteiger partial charge < -0.3 is 15.5 Å². The van der Waals surface area contributed by atoms with Crippen molar-refractivity contribution in [2.75, 3.05) is 31.1 Å². The predicted molar refractivity (Wildman–Crippen MR) is 110 cm³/mol. The van der Waals surface area contributed by atoms with Crippen LogP contribution in [0.3, 0.4) is 0 Å². The zero-order valence-electron chi connectivity index (χ0n) is 16.3. The first-order valence-electron chi connectivity index (χ1n) is 9.97. The smallest absolute Gasteiger partial charge is 0.314 e. The fraction of sp³-hybridized carbons (Fsp3) is 0.550. The molecule has 0 unspecified atom stereocenters. The third-order valence-electron chi connectivity index (χ3n) is 4.99. The molecule has 1 aliphatic heterocycles. The molecule has 152 valence electrons. The van der Waals surface area contributed by atoms with Gasteiger partial charge in [-0.3, -0.25) is 0 Å². The van der Waals surface area contributed by atoms with Crippen LogP contribution >= 0.6 is 11.5 Å². The molecule has 6 nitrogen and oxygen atoms in total. The molecule has 1 aromatic carbocycles. The maximum Gasteiger partial charge on any atom is 0.314 e. The molecule has 1 aliphatic rings. The van der Waals surface area contributed by atoms with E-state index in [4.69, 9.17) is 0 Å². The number of rotatable bonds is 8. The van der Waals surface area contributed by atoms with Gasteiger partial charge in [0.1, 0.15) is 11.6 Å². The number of unbranched alkanes of at least 4 members (excludes halogenated alkanes) is 1. The van der Waals surface area contributed by atoms with Crippen molar-refractivity contribution in [3.63, 3.8) is 0 Å². The Balaban J connectivity index is 1.41. The van der Waals surface area contributed by atoms with Gasteiger partial charge in [0.2, 0.25) is 5.13 Å². The van der Waals surface area contributed by atoms with Crippen molar-refractivity contribution in [2.45, 2.75) is 39.0 Å². The lowest BCUT2D eigenvalue weighted by atomic mass is 9.97. The van der Waals surface area contributed by atoms with Crippen molar-refractivity contribution in [1.29, 1.82) is 0 Å². The summed E-state index contributed by atoms with van der Waals surface area (Å²) < 4.78 is 17.5. The zero-order valence-corrected chi connectivity index (χ0v) is 17.1. The van der Waals surface area contributed by atoms with Crippen molar-refractivity contribution in [3.8, 4) is 0 Å². The number of benzene rings is 1. The van der Waals surface area contributed by atoms with Crippen LogP contribution in [0.15, 0.2) is 24.3 Å². The van der Waals surface area contributed by atoms with Crippen LogP contribution in [-0.2, 0) is 6.42 Å². The molecule has 2 aromatic rings. The Hall–Kier alpha value is -2.22. The van der Waals surface area contributed by atoms with E-state index in [1.165, 1.54) is 23.7 Å². The van der Waals surface area contributed by atoms with E-state index in [1.54, 1.807) is 12.1 Å². The summed E-state index contributed by atoms with van der Waals surface area (Å²) in [6.45, 7) is 5.41. The summed E-state index contributed by atoms with van der Waals surface area (Å²) in [5, 5.41) is 6.81. The van der Waals surface area contributed by atoms with Crippen molar-refractivity contribution in [1.82, 2.24) is 20.0 Å². The van der Waals surface area contributed by atoms with Crippen LogP contribution in [0.4, 0.5) is 14.3 Å². The van der Waals surface area contributed by atoms with Gasteiger partial charge in [-0.2, -0.15) is 4.37 Å². The van der Waals surface area contributed by atoms with Gasteiger partial charge >= 0.3 is 6.03 Å². The molecule has 1 saturated heterocycles. The highest BCUT2D eigenvalue weighted by atomic mass is 32.1. The van der Waals surface area contributed by atoms with Gasteiger partial charge in [-0.15, -0.1) is 0 Å². The standard InChI is InChI=1S/C20H28FN5OS/c1-2-3-10-22-19(27)23-14-16-8-11-26(12-9-16)20-24-18(25-28-20)13-15-4-6-17(21)7-5-15/h4-7,16H,2-3,8-14H2,1H3,(H2,22,23,27). The number of amides is 2. The summed E-state index contributed by atoms with van der Waals surface area (Å²) in [6, 6.07) is 6.40. The van der Waals surface area contributed by atoms with Crippen LogP contribution < -0.4 is 15.5 Å². The predicted octanol–water partition coefficient (Wildman–Crippen LogP) is 3.58. The molecule has 2 amide bonds. The third-order valence-corrected chi connectivity index (χ3v) is 5.80. The lowest BCUT2D eigenvalue weighted by Gasteiger charge is -2.31. The summed E-state index contributed by atoms with van der Waals surface area (Å²) >= 11 is 1.42. The normalized spacial score (nSPS) is 14.9. The van der Waals surface area contributed by atoms with E-state index in [-0.39, 0.29) is 11.8 Å². The fourth-order valence-electron chi connectivity index (χ4n) is 3.24. The van der Waals surface area contributed by atoms with E-state index in [1.807, 2.05) is 0 Å². The summed E-state index contributed by atoms with van der Waals surface area (Å²) in [5.74, 6) is 1.05. The van der Waals surface area contributed by atoms with Gasteiger partial charge in [0.15, 0.2) is 0 Å². The van der Waals surface area contributed by atoms with Gasteiger partial charge in [-0.05, 0) is 42.9 Å². The van der Waals surface area contributed by atoms with Crippen LogP contribution in [0.5, 0.6) is 0 Å². The van der Waals surface area contributed by atoms with Gasteiger partial charge in [0.25, 0.3) is 0 Å². The molecule has 0 atom stereocenters. The molecule has 8 heteroatoms. The van der Waals surface area contributed by atoms with Gasteiger partial charge in [-0.25, -0.2) is 14.2 Å². The quantitative estimate of drug-likeness (QED) is 0.659. The lowest BCUT2D eigenvalue weighted by molar-refractivity contribution is 0.237. The second-order valence-corrected chi connectivity index (χ2v) is 7.95. The number of anilines is 1. The third kappa shape index (κ3) is 6.15. The van der Waals surface area contributed by atoms with Crippen molar-refractivity contribution < 1.29 is 9.18 Å².